The second-order valence-corrected chi connectivity index (χ2v) is 6.35. The third-order valence-electron chi connectivity index (χ3n) is 4.34. The van der Waals surface area contributed by atoms with Gasteiger partial charge in [0.15, 0.2) is 0 Å². The lowest BCUT2D eigenvalue weighted by atomic mass is 9.86. The van der Waals surface area contributed by atoms with Crippen LogP contribution in [0.3, 0.4) is 0 Å². The summed E-state index contributed by atoms with van der Waals surface area (Å²) in [6.45, 7) is 2.08. The van der Waals surface area contributed by atoms with Gasteiger partial charge in [0.25, 0.3) is 0 Å². The van der Waals surface area contributed by atoms with E-state index in [-0.39, 0.29) is 0 Å². The summed E-state index contributed by atoms with van der Waals surface area (Å²) >= 11 is 12.2. The number of hydrogen-bond acceptors (Lipinski definition) is 3. The van der Waals surface area contributed by atoms with E-state index < -0.39 is 0 Å². The molecule has 2 fully saturated rings. The van der Waals surface area contributed by atoms with Crippen molar-refractivity contribution >= 4 is 34.8 Å². The molecule has 1 aliphatic carbocycles. The summed E-state index contributed by atoms with van der Waals surface area (Å²) in [4.78, 5) is 6.61. The highest BCUT2D eigenvalue weighted by Crippen LogP contribution is 2.47. The van der Waals surface area contributed by atoms with Crippen molar-refractivity contribution in [1.82, 2.24) is 4.98 Å². The van der Waals surface area contributed by atoms with Gasteiger partial charge in [0.2, 0.25) is 0 Å². The van der Waals surface area contributed by atoms with Gasteiger partial charge in [-0.25, -0.2) is 4.98 Å². The van der Waals surface area contributed by atoms with Crippen molar-refractivity contribution in [2.45, 2.75) is 32.1 Å². The molecule has 1 saturated heterocycles. The molecular weight excluding hydrogens is 269 g/mol. The third-order valence-corrected chi connectivity index (χ3v) is 4.92. The monoisotopic (exact) mass is 285 g/mol. The lowest BCUT2D eigenvalue weighted by molar-refractivity contribution is 0.340. The van der Waals surface area contributed by atoms with Crippen molar-refractivity contribution < 1.29 is 0 Å². The number of aromatic nitrogens is 1. The highest BCUT2D eigenvalue weighted by molar-refractivity contribution is 6.37. The highest BCUT2D eigenvalue weighted by atomic mass is 35.5. The summed E-state index contributed by atoms with van der Waals surface area (Å²) in [6, 6.07) is 1.69. The first kappa shape index (κ1) is 12.4. The van der Waals surface area contributed by atoms with Crippen LogP contribution in [0.25, 0.3) is 0 Å². The molecular formula is C13H17Cl2N3. The van der Waals surface area contributed by atoms with Crippen LogP contribution in [0.5, 0.6) is 0 Å². The largest absolute Gasteiger partial charge is 0.382 e. The average Bonchev–Trinajstić information content (AvgIpc) is 2.95. The van der Waals surface area contributed by atoms with Gasteiger partial charge in [-0.05, 0) is 30.7 Å². The summed E-state index contributed by atoms with van der Waals surface area (Å²) in [6.07, 6.45) is 6.64. The molecule has 1 spiro atoms. The summed E-state index contributed by atoms with van der Waals surface area (Å²) in [5.74, 6) is 1.16. The Morgan fingerprint density at radius 3 is 2.61 bits per heavy atom. The Morgan fingerprint density at radius 2 is 1.89 bits per heavy atom. The molecule has 1 saturated carbocycles. The SMILES string of the molecule is Nc1nc(N2CCC3(CCCC3)C2)c(Cl)cc1Cl. The van der Waals surface area contributed by atoms with Crippen LogP contribution in [0.2, 0.25) is 10.0 Å². The van der Waals surface area contributed by atoms with Crippen LogP contribution in [-0.2, 0) is 0 Å². The average molecular weight is 286 g/mol. The van der Waals surface area contributed by atoms with E-state index in [0.717, 1.165) is 18.9 Å². The second kappa shape index (κ2) is 4.46. The van der Waals surface area contributed by atoms with Crippen LogP contribution in [0, 0.1) is 5.41 Å². The van der Waals surface area contributed by atoms with Gasteiger partial charge in [0, 0.05) is 13.1 Å². The number of nitrogens with zero attached hydrogens (tertiary/aromatic N) is 2. The molecule has 0 bridgehead atoms. The zero-order chi connectivity index (χ0) is 12.8. The topological polar surface area (TPSA) is 42.1 Å². The lowest BCUT2D eigenvalue weighted by Gasteiger charge is -2.24. The number of pyridine rings is 1. The predicted octanol–water partition coefficient (Wildman–Crippen LogP) is 3.74. The minimum absolute atomic E-state index is 0.364. The molecule has 0 unspecified atom stereocenters. The lowest BCUT2D eigenvalue weighted by Crippen LogP contribution is -2.26. The smallest absolute Gasteiger partial charge is 0.149 e. The van der Waals surface area contributed by atoms with Gasteiger partial charge in [0.05, 0.1) is 10.0 Å². The summed E-state index contributed by atoms with van der Waals surface area (Å²) < 4.78 is 0. The fourth-order valence-electron chi connectivity index (χ4n) is 3.34. The molecule has 1 aromatic rings. The van der Waals surface area contributed by atoms with Crippen LogP contribution in [0.4, 0.5) is 11.6 Å². The number of rotatable bonds is 1. The maximum atomic E-state index is 6.23. The Hall–Kier alpha value is -0.670. The van der Waals surface area contributed by atoms with Gasteiger partial charge >= 0.3 is 0 Å². The molecule has 3 nitrogen and oxygen atoms in total. The minimum Gasteiger partial charge on any atom is -0.382 e. The van der Waals surface area contributed by atoms with E-state index in [0.29, 0.717) is 21.3 Å². The Morgan fingerprint density at radius 1 is 1.17 bits per heavy atom. The van der Waals surface area contributed by atoms with Gasteiger partial charge < -0.3 is 10.6 Å². The molecule has 0 aromatic carbocycles. The van der Waals surface area contributed by atoms with Gasteiger partial charge in [-0.3, -0.25) is 0 Å². The Bertz CT molecular complexity index is 470. The van der Waals surface area contributed by atoms with Gasteiger partial charge in [0.1, 0.15) is 11.6 Å². The molecule has 2 heterocycles. The molecule has 2 N–H and O–H groups in total. The second-order valence-electron chi connectivity index (χ2n) is 5.54. The van der Waals surface area contributed by atoms with Crippen molar-refractivity contribution in [3.8, 4) is 0 Å². The third kappa shape index (κ3) is 2.04. The van der Waals surface area contributed by atoms with Crippen molar-refractivity contribution in [2.24, 2.45) is 5.41 Å². The van der Waals surface area contributed by atoms with Crippen LogP contribution in [-0.4, -0.2) is 18.1 Å². The molecule has 1 aliphatic heterocycles. The first-order valence-corrected chi connectivity index (χ1v) is 7.22. The molecule has 2 aliphatic rings. The predicted molar refractivity (Wildman–Crippen MR) is 76.4 cm³/mol. The standard InChI is InChI=1S/C13H17Cl2N3/c14-9-7-10(15)12(17-11(9)16)18-6-5-13(8-18)3-1-2-4-13/h7H,1-6,8H2,(H2,16,17). The zero-order valence-corrected chi connectivity index (χ0v) is 11.8. The molecule has 5 heteroatoms. The van der Waals surface area contributed by atoms with Crippen molar-refractivity contribution in [3.63, 3.8) is 0 Å². The van der Waals surface area contributed by atoms with Gasteiger partial charge in [-0.2, -0.15) is 0 Å². The van der Waals surface area contributed by atoms with Crippen molar-refractivity contribution in [3.05, 3.63) is 16.1 Å². The van der Waals surface area contributed by atoms with Gasteiger partial charge in [-0.15, -0.1) is 0 Å². The number of halogens is 2. The molecule has 3 rings (SSSR count). The molecule has 1 aromatic heterocycles. The molecule has 98 valence electrons. The van der Waals surface area contributed by atoms with E-state index in [4.69, 9.17) is 28.9 Å². The van der Waals surface area contributed by atoms with Crippen molar-refractivity contribution in [1.29, 1.82) is 0 Å². The fourth-order valence-corrected chi connectivity index (χ4v) is 3.82. The number of anilines is 2. The van der Waals surface area contributed by atoms with Crippen LogP contribution in [0.1, 0.15) is 32.1 Å². The van der Waals surface area contributed by atoms with Crippen LogP contribution >= 0.6 is 23.2 Å². The minimum atomic E-state index is 0.364. The Kier molecular flexibility index (Phi) is 3.07. The van der Waals surface area contributed by atoms with Gasteiger partial charge in [-0.1, -0.05) is 36.0 Å². The van der Waals surface area contributed by atoms with Crippen molar-refractivity contribution in [2.75, 3.05) is 23.7 Å². The molecule has 18 heavy (non-hydrogen) atoms. The first-order chi connectivity index (χ1) is 8.60. The zero-order valence-electron chi connectivity index (χ0n) is 10.3. The van der Waals surface area contributed by atoms with E-state index in [1.807, 2.05) is 0 Å². The van der Waals surface area contributed by atoms with E-state index in [1.165, 1.54) is 32.1 Å². The van der Waals surface area contributed by atoms with Crippen LogP contribution in [0.15, 0.2) is 6.07 Å². The van der Waals surface area contributed by atoms with E-state index in [2.05, 4.69) is 9.88 Å². The maximum Gasteiger partial charge on any atom is 0.149 e. The first-order valence-electron chi connectivity index (χ1n) is 6.46. The Labute approximate surface area is 117 Å². The van der Waals surface area contributed by atoms with E-state index in [9.17, 15) is 0 Å². The normalized spacial score (nSPS) is 22.0. The van der Waals surface area contributed by atoms with E-state index in [1.54, 1.807) is 6.07 Å². The summed E-state index contributed by atoms with van der Waals surface area (Å²) in [5.41, 5.74) is 6.27. The quantitative estimate of drug-likeness (QED) is 0.855. The summed E-state index contributed by atoms with van der Waals surface area (Å²) in [5, 5.41) is 1.03. The number of nitrogen functional groups attached to an aromatic ring is 1. The fraction of sp³-hybridized carbons (Fsp3) is 0.615. The maximum absolute atomic E-state index is 6.23. The molecule has 0 atom stereocenters. The number of nitrogens with two attached hydrogens (primary N) is 1. The molecule has 0 amide bonds. The Balaban J connectivity index is 1.86. The van der Waals surface area contributed by atoms with Crippen LogP contribution < -0.4 is 10.6 Å². The number of hydrogen-bond donors (Lipinski definition) is 1. The van der Waals surface area contributed by atoms with E-state index >= 15 is 0 Å². The summed E-state index contributed by atoms with van der Waals surface area (Å²) in [7, 11) is 0. The molecule has 0 radical (unpaired) electrons. The highest BCUT2D eigenvalue weighted by Gasteiger charge is 2.41.